The average molecular weight is 491 g/mol. The number of fused-ring (bicyclic) bond motifs is 1. The van der Waals surface area contributed by atoms with Gasteiger partial charge in [0.05, 0.1) is 15.8 Å². The van der Waals surface area contributed by atoms with Crippen LogP contribution in [0.2, 0.25) is 0 Å². The molecule has 1 unspecified atom stereocenters. The summed E-state index contributed by atoms with van der Waals surface area (Å²) >= 11 is 1.32. The molecular formula is C22H26N4O5S2. The molecular weight excluding hydrogens is 464 g/mol. The number of carbonyl (C=O) groups excluding carboxylic acids is 1. The minimum absolute atomic E-state index is 0.00145. The highest BCUT2D eigenvalue weighted by molar-refractivity contribution is 7.90. The van der Waals surface area contributed by atoms with Crippen molar-refractivity contribution in [2.45, 2.75) is 56.4 Å². The van der Waals surface area contributed by atoms with Crippen molar-refractivity contribution in [2.24, 2.45) is 5.92 Å². The third-order valence-corrected chi connectivity index (χ3v) is 8.01. The van der Waals surface area contributed by atoms with Gasteiger partial charge in [0.15, 0.2) is 15.0 Å². The maximum atomic E-state index is 13.4. The summed E-state index contributed by atoms with van der Waals surface area (Å²) in [6.45, 7) is 1.87. The van der Waals surface area contributed by atoms with Crippen LogP contribution in [0.5, 0.6) is 0 Å². The molecule has 0 spiro atoms. The smallest absolute Gasteiger partial charge is 0.307 e. The average Bonchev–Trinajstić information content (AvgIpc) is 3.17. The van der Waals surface area contributed by atoms with Gasteiger partial charge in [-0.05, 0) is 37.5 Å². The molecule has 1 fully saturated rings. The molecule has 2 heterocycles. The molecule has 4 rings (SSSR count). The summed E-state index contributed by atoms with van der Waals surface area (Å²) in [5, 5.41) is 3.32. The van der Waals surface area contributed by atoms with Gasteiger partial charge in [-0.25, -0.2) is 22.8 Å². The molecule has 0 saturated heterocycles. The van der Waals surface area contributed by atoms with E-state index in [0.29, 0.717) is 11.6 Å². The summed E-state index contributed by atoms with van der Waals surface area (Å²) in [6.07, 6.45) is 8.21. The number of benzene rings is 1. The number of nitrogens with zero attached hydrogens (tertiary/aromatic N) is 2. The second-order valence-electron chi connectivity index (χ2n) is 8.61. The fourth-order valence-corrected chi connectivity index (χ4v) is 5.71. The van der Waals surface area contributed by atoms with Gasteiger partial charge in [0.1, 0.15) is 6.04 Å². The van der Waals surface area contributed by atoms with Gasteiger partial charge in [0, 0.05) is 17.3 Å². The van der Waals surface area contributed by atoms with Crippen molar-refractivity contribution in [2.75, 3.05) is 11.6 Å². The highest BCUT2D eigenvalue weighted by Gasteiger charge is 2.29. The van der Waals surface area contributed by atoms with Crippen LogP contribution in [-0.4, -0.2) is 35.1 Å². The van der Waals surface area contributed by atoms with E-state index >= 15 is 0 Å². The Morgan fingerprint density at radius 3 is 2.64 bits per heavy atom. The fourth-order valence-electron chi connectivity index (χ4n) is 4.39. The van der Waals surface area contributed by atoms with E-state index in [4.69, 9.17) is 0 Å². The van der Waals surface area contributed by atoms with Gasteiger partial charge in [-0.1, -0.05) is 32.1 Å². The van der Waals surface area contributed by atoms with Gasteiger partial charge >= 0.3 is 5.69 Å². The first-order chi connectivity index (χ1) is 15.6. The van der Waals surface area contributed by atoms with Gasteiger partial charge in [-0.15, -0.1) is 11.3 Å². The molecule has 1 saturated carbocycles. The van der Waals surface area contributed by atoms with Crippen molar-refractivity contribution < 1.29 is 13.2 Å². The Hall–Kier alpha value is -2.79. The molecule has 11 heteroatoms. The van der Waals surface area contributed by atoms with Crippen molar-refractivity contribution in [1.82, 2.24) is 14.5 Å². The monoisotopic (exact) mass is 490 g/mol. The highest BCUT2D eigenvalue weighted by Crippen LogP contribution is 2.31. The summed E-state index contributed by atoms with van der Waals surface area (Å²) in [6, 6.07) is 2.97. The minimum Gasteiger partial charge on any atom is -0.307 e. The number of aryl methyl sites for hydroxylation is 1. The van der Waals surface area contributed by atoms with Gasteiger partial charge in [0.2, 0.25) is 5.91 Å². The number of H-pyrrole nitrogens is 1. The van der Waals surface area contributed by atoms with E-state index in [2.05, 4.69) is 15.3 Å². The van der Waals surface area contributed by atoms with Crippen LogP contribution in [-0.2, 0) is 14.6 Å². The normalized spacial score (nSPS) is 16.1. The Labute approximate surface area is 194 Å². The Morgan fingerprint density at radius 1 is 1.27 bits per heavy atom. The van der Waals surface area contributed by atoms with Crippen molar-refractivity contribution >= 4 is 43.1 Å². The van der Waals surface area contributed by atoms with Crippen LogP contribution in [0.15, 0.2) is 38.9 Å². The van der Waals surface area contributed by atoms with Crippen molar-refractivity contribution in [1.29, 1.82) is 0 Å². The lowest BCUT2D eigenvalue weighted by Crippen LogP contribution is -2.43. The minimum atomic E-state index is -3.51. The molecule has 1 aliphatic rings. The lowest BCUT2D eigenvalue weighted by molar-refractivity contribution is -0.120. The first kappa shape index (κ1) is 23.4. The molecule has 1 aliphatic carbocycles. The van der Waals surface area contributed by atoms with Crippen LogP contribution in [0.1, 0.15) is 49.4 Å². The molecule has 1 atom stereocenters. The number of rotatable bonds is 6. The van der Waals surface area contributed by atoms with Crippen LogP contribution in [0, 0.1) is 12.8 Å². The van der Waals surface area contributed by atoms with Crippen LogP contribution in [0.4, 0.5) is 5.13 Å². The maximum absolute atomic E-state index is 13.4. The molecule has 3 aromatic rings. The van der Waals surface area contributed by atoms with Crippen LogP contribution in [0.3, 0.4) is 0 Å². The summed E-state index contributed by atoms with van der Waals surface area (Å²) in [5.74, 6) is -0.239. The number of aromatic nitrogens is 3. The topological polar surface area (TPSA) is 131 Å². The number of carbonyl (C=O) groups is 1. The van der Waals surface area contributed by atoms with Gasteiger partial charge < -0.3 is 10.3 Å². The summed E-state index contributed by atoms with van der Waals surface area (Å²) in [7, 11) is -3.51. The molecule has 0 bridgehead atoms. The Kier molecular flexibility index (Phi) is 6.53. The first-order valence-electron chi connectivity index (χ1n) is 10.9. The number of sulfone groups is 1. The fraction of sp³-hybridized carbons (Fsp3) is 0.455. The number of aromatic amines is 1. The molecule has 176 valence electrons. The SMILES string of the molecule is Cc1cnc(NC(=O)C(CC2CCCCC2)n2c(=O)[nH]c3cc(S(C)(=O)=O)ccc3c2=O)s1. The predicted octanol–water partition coefficient (Wildman–Crippen LogP) is 3.01. The molecule has 1 amide bonds. The second-order valence-corrected chi connectivity index (χ2v) is 11.9. The van der Waals surface area contributed by atoms with E-state index in [9.17, 15) is 22.8 Å². The van der Waals surface area contributed by atoms with Crippen LogP contribution in [0.25, 0.3) is 10.9 Å². The van der Waals surface area contributed by atoms with E-state index in [-0.39, 0.29) is 21.7 Å². The third-order valence-electron chi connectivity index (χ3n) is 6.08. The van der Waals surface area contributed by atoms with Gasteiger partial charge in [-0.3, -0.25) is 9.59 Å². The molecule has 9 nitrogen and oxygen atoms in total. The largest absolute Gasteiger partial charge is 0.329 e. The Bertz CT molecular complexity index is 1410. The Morgan fingerprint density at radius 2 is 2.00 bits per heavy atom. The van der Waals surface area contributed by atoms with Gasteiger partial charge in [0.25, 0.3) is 5.56 Å². The zero-order chi connectivity index (χ0) is 23.8. The molecule has 0 aliphatic heterocycles. The van der Waals surface area contributed by atoms with Crippen LogP contribution >= 0.6 is 11.3 Å². The second kappa shape index (κ2) is 9.22. The van der Waals surface area contributed by atoms with E-state index in [1.165, 1.54) is 29.5 Å². The van der Waals surface area contributed by atoms with E-state index in [1.807, 2.05) is 6.92 Å². The molecule has 0 radical (unpaired) electrons. The zero-order valence-electron chi connectivity index (χ0n) is 18.5. The summed E-state index contributed by atoms with van der Waals surface area (Å²) in [4.78, 5) is 47.4. The molecule has 1 aromatic carbocycles. The van der Waals surface area contributed by atoms with E-state index in [1.54, 1.807) is 6.20 Å². The van der Waals surface area contributed by atoms with Crippen molar-refractivity contribution in [3.05, 3.63) is 50.1 Å². The number of amides is 1. The summed E-state index contributed by atoms with van der Waals surface area (Å²) < 4.78 is 24.7. The first-order valence-corrected chi connectivity index (χ1v) is 13.6. The zero-order valence-corrected chi connectivity index (χ0v) is 20.1. The molecule has 33 heavy (non-hydrogen) atoms. The lowest BCUT2D eigenvalue weighted by Gasteiger charge is -2.26. The lowest BCUT2D eigenvalue weighted by atomic mass is 9.84. The summed E-state index contributed by atoms with van der Waals surface area (Å²) in [5.41, 5.74) is -1.25. The number of anilines is 1. The number of hydrogen-bond donors (Lipinski definition) is 2. The van der Waals surface area contributed by atoms with E-state index in [0.717, 1.165) is 47.8 Å². The van der Waals surface area contributed by atoms with Crippen LogP contribution < -0.4 is 16.6 Å². The molecule has 2 N–H and O–H groups in total. The number of thiazole rings is 1. The number of hydrogen-bond acceptors (Lipinski definition) is 7. The van der Waals surface area contributed by atoms with E-state index < -0.39 is 33.0 Å². The highest BCUT2D eigenvalue weighted by atomic mass is 32.2. The van der Waals surface area contributed by atoms with Crippen molar-refractivity contribution in [3.63, 3.8) is 0 Å². The number of nitrogens with one attached hydrogen (secondary N) is 2. The van der Waals surface area contributed by atoms with Crippen molar-refractivity contribution in [3.8, 4) is 0 Å². The third kappa shape index (κ3) is 5.09. The quantitative estimate of drug-likeness (QED) is 0.546. The maximum Gasteiger partial charge on any atom is 0.329 e. The van der Waals surface area contributed by atoms with Gasteiger partial charge in [-0.2, -0.15) is 0 Å². The predicted molar refractivity (Wildman–Crippen MR) is 128 cm³/mol. The Balaban J connectivity index is 1.79. The molecule has 2 aromatic heterocycles. The standard InChI is InChI=1S/C22H26N4O5S2/c1-13-12-23-21(32-13)25-19(27)18(10-14-6-4-3-5-7-14)26-20(28)16-9-8-15(33(2,30)31)11-17(16)24-22(26)29/h8-9,11-12,14,18H,3-7,10H2,1-2H3,(H,24,29)(H,23,25,27).